The van der Waals surface area contributed by atoms with E-state index in [0.29, 0.717) is 11.5 Å². The minimum Gasteiger partial charge on any atom is -0.383 e. The molecule has 1 aliphatic rings. The van der Waals surface area contributed by atoms with Crippen LogP contribution in [0.1, 0.15) is 16.1 Å². The van der Waals surface area contributed by atoms with Crippen LogP contribution < -0.4 is 11.1 Å². The van der Waals surface area contributed by atoms with Gasteiger partial charge in [0.15, 0.2) is 5.82 Å². The van der Waals surface area contributed by atoms with Gasteiger partial charge in [-0.2, -0.15) is 9.78 Å². The summed E-state index contributed by atoms with van der Waals surface area (Å²) in [6, 6.07) is 5.27. The molecule has 0 spiro atoms. The summed E-state index contributed by atoms with van der Waals surface area (Å²) < 4.78 is 1.36. The standard InChI is InChI=1S/C11H9N5O2/c12-10-9-6(5-8(17)14-11(9)18)15-16(10)7-3-1-2-4-13-7/h1-4H,5,12H2,(H,14,17,18). The molecule has 3 N–H and O–H groups in total. The van der Waals surface area contributed by atoms with Crippen molar-refractivity contribution < 1.29 is 9.59 Å². The molecule has 2 aromatic heterocycles. The number of nitrogens with one attached hydrogen (secondary N) is 1. The SMILES string of the molecule is Nc1c2c(nn1-c1ccccn1)CC(=O)NC2=O. The smallest absolute Gasteiger partial charge is 0.263 e. The van der Waals surface area contributed by atoms with Crippen LogP contribution in [-0.4, -0.2) is 26.6 Å². The van der Waals surface area contributed by atoms with E-state index in [2.05, 4.69) is 15.4 Å². The average molecular weight is 243 g/mol. The molecule has 0 atom stereocenters. The molecule has 18 heavy (non-hydrogen) atoms. The Kier molecular flexibility index (Phi) is 2.12. The first-order chi connectivity index (χ1) is 8.66. The Bertz CT molecular complexity index is 647. The van der Waals surface area contributed by atoms with Crippen LogP contribution in [-0.2, 0) is 11.2 Å². The van der Waals surface area contributed by atoms with Crippen LogP contribution in [0.15, 0.2) is 24.4 Å². The Morgan fingerprint density at radius 3 is 2.89 bits per heavy atom. The van der Waals surface area contributed by atoms with Gasteiger partial charge in [-0.05, 0) is 12.1 Å². The maximum Gasteiger partial charge on any atom is 0.263 e. The van der Waals surface area contributed by atoms with Gasteiger partial charge in [-0.25, -0.2) is 4.98 Å². The van der Waals surface area contributed by atoms with E-state index in [9.17, 15) is 9.59 Å². The zero-order valence-corrected chi connectivity index (χ0v) is 9.25. The largest absolute Gasteiger partial charge is 0.383 e. The number of carbonyl (C=O) groups is 2. The lowest BCUT2D eigenvalue weighted by Crippen LogP contribution is -2.37. The molecule has 0 saturated carbocycles. The lowest BCUT2D eigenvalue weighted by molar-refractivity contribution is -0.119. The second-order valence-electron chi connectivity index (χ2n) is 3.86. The Labute approximate surface area is 102 Å². The third-order valence-corrected chi connectivity index (χ3v) is 2.67. The van der Waals surface area contributed by atoms with E-state index < -0.39 is 5.91 Å². The van der Waals surface area contributed by atoms with Crippen molar-refractivity contribution in [3.05, 3.63) is 35.7 Å². The lowest BCUT2D eigenvalue weighted by Gasteiger charge is -2.09. The molecule has 0 bridgehead atoms. The number of anilines is 1. The monoisotopic (exact) mass is 243 g/mol. The number of nitrogen functional groups attached to an aromatic ring is 1. The van der Waals surface area contributed by atoms with Gasteiger partial charge in [-0.3, -0.25) is 14.9 Å². The molecule has 90 valence electrons. The van der Waals surface area contributed by atoms with Crippen molar-refractivity contribution in [2.24, 2.45) is 0 Å². The molecular formula is C11H9N5O2. The van der Waals surface area contributed by atoms with Crippen molar-refractivity contribution >= 4 is 17.6 Å². The fraction of sp³-hybridized carbons (Fsp3) is 0.0909. The van der Waals surface area contributed by atoms with Crippen molar-refractivity contribution in [2.45, 2.75) is 6.42 Å². The molecule has 0 unspecified atom stereocenters. The van der Waals surface area contributed by atoms with Crippen molar-refractivity contribution in [3.63, 3.8) is 0 Å². The number of carbonyl (C=O) groups excluding carboxylic acids is 2. The fourth-order valence-electron chi connectivity index (χ4n) is 1.89. The third kappa shape index (κ3) is 1.45. The van der Waals surface area contributed by atoms with E-state index >= 15 is 0 Å². The molecule has 2 amide bonds. The second kappa shape index (κ2) is 3.66. The summed E-state index contributed by atoms with van der Waals surface area (Å²) in [7, 11) is 0. The number of pyridine rings is 1. The summed E-state index contributed by atoms with van der Waals surface area (Å²) in [5.41, 5.74) is 6.51. The van der Waals surface area contributed by atoms with Gasteiger partial charge in [0.1, 0.15) is 11.4 Å². The highest BCUT2D eigenvalue weighted by Crippen LogP contribution is 2.22. The number of imide groups is 1. The highest BCUT2D eigenvalue weighted by Gasteiger charge is 2.29. The number of hydrogen-bond acceptors (Lipinski definition) is 5. The predicted molar refractivity (Wildman–Crippen MR) is 61.9 cm³/mol. The zero-order valence-electron chi connectivity index (χ0n) is 9.25. The first-order valence-corrected chi connectivity index (χ1v) is 5.30. The quantitative estimate of drug-likeness (QED) is 0.667. The maximum atomic E-state index is 11.7. The van der Waals surface area contributed by atoms with Crippen LogP contribution in [0, 0.1) is 0 Å². The summed E-state index contributed by atoms with van der Waals surface area (Å²) in [6.45, 7) is 0. The van der Waals surface area contributed by atoms with Crippen molar-refractivity contribution in [1.29, 1.82) is 0 Å². The van der Waals surface area contributed by atoms with E-state index in [4.69, 9.17) is 5.73 Å². The van der Waals surface area contributed by atoms with Gasteiger partial charge in [0.2, 0.25) is 5.91 Å². The van der Waals surface area contributed by atoms with Crippen LogP contribution in [0.25, 0.3) is 5.82 Å². The van der Waals surface area contributed by atoms with Crippen LogP contribution in [0.5, 0.6) is 0 Å². The summed E-state index contributed by atoms with van der Waals surface area (Å²) >= 11 is 0. The first-order valence-electron chi connectivity index (χ1n) is 5.30. The number of nitrogens with zero attached hydrogens (tertiary/aromatic N) is 3. The predicted octanol–water partition coefficient (Wildman–Crippen LogP) is -0.338. The average Bonchev–Trinajstić information content (AvgIpc) is 2.67. The molecule has 3 heterocycles. The molecule has 7 heteroatoms. The van der Waals surface area contributed by atoms with Gasteiger partial charge >= 0.3 is 0 Å². The second-order valence-corrected chi connectivity index (χ2v) is 3.86. The van der Waals surface area contributed by atoms with Gasteiger partial charge in [0, 0.05) is 6.20 Å². The Hall–Kier alpha value is -2.70. The molecule has 1 aliphatic heterocycles. The van der Waals surface area contributed by atoms with Crippen LogP contribution in [0.2, 0.25) is 0 Å². The molecule has 0 aromatic carbocycles. The third-order valence-electron chi connectivity index (χ3n) is 2.67. The van der Waals surface area contributed by atoms with E-state index in [1.165, 1.54) is 4.68 Å². The Morgan fingerprint density at radius 1 is 1.33 bits per heavy atom. The van der Waals surface area contributed by atoms with Crippen molar-refractivity contribution in [1.82, 2.24) is 20.1 Å². The number of nitrogens with two attached hydrogens (primary N) is 1. The molecule has 0 radical (unpaired) electrons. The van der Waals surface area contributed by atoms with Gasteiger partial charge in [-0.1, -0.05) is 6.07 Å². The van der Waals surface area contributed by atoms with Crippen molar-refractivity contribution in [3.8, 4) is 5.82 Å². The molecule has 0 fully saturated rings. The van der Waals surface area contributed by atoms with Crippen molar-refractivity contribution in [2.75, 3.05) is 5.73 Å². The summed E-state index contributed by atoms with van der Waals surface area (Å²) in [5, 5.41) is 6.38. The summed E-state index contributed by atoms with van der Waals surface area (Å²) in [5.74, 6) is -0.197. The number of rotatable bonds is 1. The Morgan fingerprint density at radius 2 is 2.17 bits per heavy atom. The first kappa shape index (κ1) is 10.5. The maximum absolute atomic E-state index is 11.7. The number of hydrogen-bond donors (Lipinski definition) is 2. The number of amides is 2. The summed E-state index contributed by atoms with van der Waals surface area (Å²) in [6.07, 6.45) is 1.64. The highest BCUT2D eigenvalue weighted by atomic mass is 16.2. The molecule has 2 aromatic rings. The van der Waals surface area contributed by atoms with Crippen LogP contribution in [0.3, 0.4) is 0 Å². The fourth-order valence-corrected chi connectivity index (χ4v) is 1.89. The minimum atomic E-state index is -0.513. The van der Waals surface area contributed by atoms with Gasteiger partial charge in [-0.15, -0.1) is 0 Å². The summed E-state index contributed by atoms with van der Waals surface area (Å²) in [4.78, 5) is 27.0. The van der Waals surface area contributed by atoms with Gasteiger partial charge < -0.3 is 5.73 Å². The van der Waals surface area contributed by atoms with E-state index in [1.54, 1.807) is 24.4 Å². The van der Waals surface area contributed by atoms with E-state index in [1.807, 2.05) is 0 Å². The van der Waals surface area contributed by atoms with E-state index in [-0.39, 0.29) is 23.7 Å². The van der Waals surface area contributed by atoms with E-state index in [0.717, 1.165) is 0 Å². The molecule has 0 saturated heterocycles. The number of fused-ring (bicyclic) bond motifs is 1. The normalized spacial score (nSPS) is 14.2. The molecular weight excluding hydrogens is 234 g/mol. The van der Waals surface area contributed by atoms with Crippen LogP contribution >= 0.6 is 0 Å². The lowest BCUT2D eigenvalue weighted by atomic mass is 10.1. The zero-order chi connectivity index (χ0) is 12.7. The minimum absolute atomic E-state index is 0.0467. The van der Waals surface area contributed by atoms with Gasteiger partial charge in [0.05, 0.1) is 12.1 Å². The molecule has 0 aliphatic carbocycles. The molecule has 3 rings (SSSR count). The van der Waals surface area contributed by atoms with Gasteiger partial charge in [0.25, 0.3) is 5.91 Å². The topological polar surface area (TPSA) is 103 Å². The molecule has 7 nitrogen and oxygen atoms in total. The number of aromatic nitrogens is 3. The van der Waals surface area contributed by atoms with Crippen LogP contribution in [0.4, 0.5) is 5.82 Å². The Balaban J connectivity index is 2.18. The highest BCUT2D eigenvalue weighted by molar-refractivity contribution is 6.11.